The fraction of sp³-hybridized carbons (Fsp3) is 0.400. The molecule has 0 fully saturated rings. The number of rotatable bonds is 9. The highest BCUT2D eigenvalue weighted by Crippen LogP contribution is 2.31. The smallest absolute Gasteiger partial charge is 0.127 e. The molecular formula is C20H25FOS. The lowest BCUT2D eigenvalue weighted by Gasteiger charge is -2.13. The van der Waals surface area contributed by atoms with Crippen LogP contribution in [0, 0.1) is 5.82 Å². The monoisotopic (exact) mass is 332 g/mol. The molecule has 124 valence electrons. The molecule has 0 spiro atoms. The van der Waals surface area contributed by atoms with Crippen LogP contribution in [0.2, 0.25) is 0 Å². The third kappa shape index (κ3) is 5.58. The van der Waals surface area contributed by atoms with E-state index in [-0.39, 0.29) is 11.1 Å². The number of thiol groups is 1. The largest absolute Gasteiger partial charge is 0.494 e. The van der Waals surface area contributed by atoms with E-state index in [1.807, 2.05) is 30.3 Å². The van der Waals surface area contributed by atoms with Gasteiger partial charge in [0, 0.05) is 5.56 Å². The van der Waals surface area contributed by atoms with Crippen LogP contribution in [0.1, 0.15) is 55.4 Å². The van der Waals surface area contributed by atoms with Crippen molar-refractivity contribution in [3.63, 3.8) is 0 Å². The zero-order chi connectivity index (χ0) is 16.5. The van der Waals surface area contributed by atoms with Crippen LogP contribution in [0.3, 0.4) is 0 Å². The molecule has 0 aromatic heterocycles. The van der Waals surface area contributed by atoms with Crippen LogP contribution in [-0.2, 0) is 0 Å². The van der Waals surface area contributed by atoms with Crippen molar-refractivity contribution in [3.05, 3.63) is 65.5 Å². The Balaban J connectivity index is 1.86. The standard InChI is InChI=1S/C20H25FOS/c1-2-3-4-5-8-15-22-17-13-11-16(12-14-17)20(23)18-9-6-7-10-19(18)21/h6-7,9-14,20,23H,2-5,8,15H2,1H3. The molecule has 0 heterocycles. The minimum atomic E-state index is -0.265. The molecule has 0 aliphatic carbocycles. The number of halogens is 1. The quantitative estimate of drug-likeness (QED) is 0.425. The molecule has 2 aromatic carbocycles. The minimum Gasteiger partial charge on any atom is -0.494 e. The minimum absolute atomic E-state index is 0.222. The molecule has 0 aliphatic heterocycles. The fourth-order valence-corrected chi connectivity index (χ4v) is 2.90. The van der Waals surface area contributed by atoms with Crippen LogP contribution < -0.4 is 4.74 Å². The summed E-state index contributed by atoms with van der Waals surface area (Å²) in [6.45, 7) is 2.97. The van der Waals surface area contributed by atoms with Crippen molar-refractivity contribution < 1.29 is 9.13 Å². The zero-order valence-corrected chi connectivity index (χ0v) is 14.6. The van der Waals surface area contributed by atoms with Crippen LogP contribution >= 0.6 is 12.6 Å². The molecule has 0 saturated carbocycles. The van der Waals surface area contributed by atoms with Crippen LogP contribution in [-0.4, -0.2) is 6.61 Å². The lowest BCUT2D eigenvalue weighted by atomic mass is 10.0. The van der Waals surface area contributed by atoms with E-state index in [4.69, 9.17) is 4.74 Å². The van der Waals surface area contributed by atoms with Gasteiger partial charge >= 0.3 is 0 Å². The summed E-state index contributed by atoms with van der Waals surface area (Å²) in [4.78, 5) is 0. The Hall–Kier alpha value is -1.48. The number of hydrogen-bond donors (Lipinski definition) is 1. The molecule has 0 aliphatic rings. The number of benzene rings is 2. The van der Waals surface area contributed by atoms with Crippen LogP contribution in [0.15, 0.2) is 48.5 Å². The Labute approximate surface area is 144 Å². The zero-order valence-electron chi connectivity index (χ0n) is 13.7. The second-order valence-electron chi connectivity index (χ2n) is 5.76. The van der Waals surface area contributed by atoms with Gasteiger partial charge in [-0.15, -0.1) is 0 Å². The maximum atomic E-state index is 13.8. The van der Waals surface area contributed by atoms with Gasteiger partial charge in [-0.05, 0) is 30.2 Å². The highest BCUT2D eigenvalue weighted by Gasteiger charge is 2.13. The molecule has 2 aromatic rings. The van der Waals surface area contributed by atoms with Gasteiger partial charge in [0.1, 0.15) is 11.6 Å². The molecule has 1 unspecified atom stereocenters. The molecular weight excluding hydrogens is 307 g/mol. The van der Waals surface area contributed by atoms with E-state index in [0.717, 1.165) is 24.3 Å². The maximum absolute atomic E-state index is 13.8. The molecule has 0 N–H and O–H groups in total. The van der Waals surface area contributed by atoms with E-state index in [2.05, 4.69) is 19.6 Å². The summed E-state index contributed by atoms with van der Waals surface area (Å²) in [6.07, 6.45) is 6.15. The summed E-state index contributed by atoms with van der Waals surface area (Å²) >= 11 is 4.55. The lowest BCUT2D eigenvalue weighted by Crippen LogP contribution is -1.99. The number of unbranched alkanes of at least 4 members (excludes halogenated alkanes) is 4. The first-order chi connectivity index (χ1) is 11.2. The highest BCUT2D eigenvalue weighted by molar-refractivity contribution is 7.80. The Morgan fingerprint density at radius 3 is 2.35 bits per heavy atom. The van der Waals surface area contributed by atoms with Gasteiger partial charge in [-0.25, -0.2) is 4.39 Å². The summed E-state index contributed by atoms with van der Waals surface area (Å²) in [6, 6.07) is 14.5. The molecule has 0 radical (unpaired) electrons. The first-order valence-corrected chi connectivity index (χ1v) is 8.89. The van der Waals surface area contributed by atoms with Crippen molar-refractivity contribution in [2.75, 3.05) is 6.61 Å². The van der Waals surface area contributed by atoms with Gasteiger partial charge in [-0.2, -0.15) is 12.6 Å². The van der Waals surface area contributed by atoms with E-state index in [0.29, 0.717) is 5.56 Å². The first-order valence-electron chi connectivity index (χ1n) is 8.37. The van der Waals surface area contributed by atoms with Gasteiger partial charge in [-0.1, -0.05) is 62.9 Å². The van der Waals surface area contributed by atoms with Gasteiger partial charge < -0.3 is 4.74 Å². The highest BCUT2D eigenvalue weighted by atomic mass is 32.1. The summed E-state index contributed by atoms with van der Waals surface area (Å²) in [5, 5.41) is -0.265. The Morgan fingerprint density at radius 1 is 0.957 bits per heavy atom. The summed E-state index contributed by atoms with van der Waals surface area (Å²) in [5.74, 6) is 0.637. The molecule has 3 heteroatoms. The van der Waals surface area contributed by atoms with Crippen molar-refractivity contribution >= 4 is 12.6 Å². The SMILES string of the molecule is CCCCCCCOc1ccc(C(S)c2ccccc2F)cc1. The van der Waals surface area contributed by atoms with E-state index in [9.17, 15) is 4.39 Å². The van der Waals surface area contributed by atoms with Crippen molar-refractivity contribution in [1.82, 2.24) is 0 Å². The van der Waals surface area contributed by atoms with E-state index in [1.54, 1.807) is 12.1 Å². The predicted octanol–water partition coefficient (Wildman–Crippen LogP) is 6.19. The topological polar surface area (TPSA) is 9.23 Å². The van der Waals surface area contributed by atoms with Crippen molar-refractivity contribution in [1.29, 1.82) is 0 Å². The van der Waals surface area contributed by atoms with Gasteiger partial charge in [-0.3, -0.25) is 0 Å². The molecule has 2 rings (SSSR count). The van der Waals surface area contributed by atoms with Gasteiger partial charge in [0.2, 0.25) is 0 Å². The molecule has 23 heavy (non-hydrogen) atoms. The van der Waals surface area contributed by atoms with Crippen LogP contribution in [0.25, 0.3) is 0 Å². The Bertz CT molecular complexity index is 582. The number of ether oxygens (including phenoxy) is 1. The second kappa shape index (κ2) is 9.61. The van der Waals surface area contributed by atoms with Crippen molar-refractivity contribution in [2.45, 2.75) is 44.3 Å². The Morgan fingerprint density at radius 2 is 1.65 bits per heavy atom. The van der Waals surface area contributed by atoms with Crippen LogP contribution in [0.5, 0.6) is 5.75 Å². The third-order valence-electron chi connectivity index (χ3n) is 3.91. The normalized spacial score (nSPS) is 12.1. The van der Waals surface area contributed by atoms with Crippen molar-refractivity contribution in [3.8, 4) is 5.75 Å². The van der Waals surface area contributed by atoms with Crippen LogP contribution in [0.4, 0.5) is 4.39 Å². The van der Waals surface area contributed by atoms with E-state index in [1.165, 1.54) is 31.7 Å². The van der Waals surface area contributed by atoms with Gasteiger partial charge in [0.25, 0.3) is 0 Å². The van der Waals surface area contributed by atoms with Gasteiger partial charge in [0.05, 0.1) is 11.9 Å². The summed E-state index contributed by atoms with van der Waals surface area (Å²) in [5.41, 5.74) is 1.56. The Kier molecular flexibility index (Phi) is 7.47. The first kappa shape index (κ1) is 17.9. The molecule has 0 bridgehead atoms. The average Bonchev–Trinajstić information content (AvgIpc) is 2.58. The van der Waals surface area contributed by atoms with E-state index < -0.39 is 0 Å². The molecule has 0 saturated heterocycles. The summed E-state index contributed by atoms with van der Waals surface area (Å²) in [7, 11) is 0. The fourth-order valence-electron chi connectivity index (χ4n) is 2.52. The third-order valence-corrected chi connectivity index (χ3v) is 4.49. The van der Waals surface area contributed by atoms with E-state index >= 15 is 0 Å². The lowest BCUT2D eigenvalue weighted by molar-refractivity contribution is 0.304. The number of hydrogen-bond acceptors (Lipinski definition) is 2. The molecule has 0 amide bonds. The molecule has 1 atom stereocenters. The molecule has 1 nitrogen and oxygen atoms in total. The predicted molar refractivity (Wildman–Crippen MR) is 97.9 cm³/mol. The maximum Gasteiger partial charge on any atom is 0.127 e. The average molecular weight is 332 g/mol. The van der Waals surface area contributed by atoms with Gasteiger partial charge in [0.15, 0.2) is 0 Å². The second-order valence-corrected chi connectivity index (χ2v) is 6.27. The van der Waals surface area contributed by atoms with Crippen molar-refractivity contribution in [2.24, 2.45) is 0 Å². The summed E-state index contributed by atoms with van der Waals surface area (Å²) < 4.78 is 19.6.